The molecule has 1 aliphatic rings. The van der Waals surface area contributed by atoms with Gasteiger partial charge in [0.1, 0.15) is 5.78 Å². The van der Waals surface area contributed by atoms with E-state index in [1.54, 1.807) is 6.92 Å². The first-order chi connectivity index (χ1) is 15.8. The van der Waals surface area contributed by atoms with Gasteiger partial charge in [0.15, 0.2) is 0 Å². The van der Waals surface area contributed by atoms with Crippen LogP contribution in [-0.2, 0) is 19.0 Å². The molecule has 2 amide bonds. The number of aryl methyl sites for hydroxylation is 2. The number of carbonyl (C=O) groups is 3. The Morgan fingerprint density at radius 2 is 1.71 bits per heavy atom. The van der Waals surface area contributed by atoms with Crippen molar-refractivity contribution in [2.24, 2.45) is 11.8 Å². The van der Waals surface area contributed by atoms with Crippen molar-refractivity contribution in [3.8, 4) is 0 Å². The molecule has 34 heavy (non-hydrogen) atoms. The summed E-state index contributed by atoms with van der Waals surface area (Å²) >= 11 is 0. The van der Waals surface area contributed by atoms with Crippen LogP contribution in [0.4, 0.5) is 0 Å². The first-order valence-electron chi connectivity index (χ1n) is 12.7. The molecule has 1 radical (unpaired) electrons. The Bertz CT molecular complexity index is 744. The van der Waals surface area contributed by atoms with Gasteiger partial charge in [-0.15, -0.1) is 0 Å². The Balaban J connectivity index is 0. The van der Waals surface area contributed by atoms with Gasteiger partial charge in [-0.25, -0.2) is 0 Å². The summed E-state index contributed by atoms with van der Waals surface area (Å²) in [5, 5.41) is 2.34. The highest BCUT2D eigenvalue weighted by Crippen LogP contribution is 2.19. The van der Waals surface area contributed by atoms with Crippen molar-refractivity contribution >= 4 is 30.5 Å². The van der Waals surface area contributed by atoms with Gasteiger partial charge in [0.2, 0.25) is 11.8 Å². The third-order valence-corrected chi connectivity index (χ3v) is 5.91. The van der Waals surface area contributed by atoms with E-state index in [0.717, 1.165) is 24.7 Å². The molecule has 1 atom stereocenters. The lowest BCUT2D eigenvalue weighted by Gasteiger charge is -2.30. The van der Waals surface area contributed by atoms with Crippen molar-refractivity contribution in [1.29, 1.82) is 0 Å². The molecular weight excluding hydrogens is 425 g/mol. The maximum atomic E-state index is 11.1. The van der Waals surface area contributed by atoms with Crippen molar-refractivity contribution < 1.29 is 19.0 Å². The van der Waals surface area contributed by atoms with E-state index in [9.17, 15) is 14.4 Å². The number of carbonyl (C=O) groups excluding carboxylic acids is 3. The predicted molar refractivity (Wildman–Crippen MR) is 144 cm³/mol. The molecule has 6 heteroatoms. The Hall–Kier alpha value is -1.95. The number of hydrogen-bond acceptors (Lipinski definition) is 4. The molecule has 0 bridgehead atoms. The quantitative estimate of drug-likeness (QED) is 0.398. The third kappa shape index (κ3) is 15.1. The third-order valence-electron chi connectivity index (χ3n) is 5.91. The van der Waals surface area contributed by atoms with Crippen molar-refractivity contribution in [3.63, 3.8) is 0 Å². The molecule has 2 rings (SSSR count). The average Bonchev–Trinajstić information content (AvgIpc) is 2.79. The normalized spacial score (nSPS) is 15.0. The van der Waals surface area contributed by atoms with E-state index in [2.05, 4.69) is 65.1 Å². The minimum absolute atomic E-state index is 0.0805. The summed E-state index contributed by atoms with van der Waals surface area (Å²) < 4.78 is 5.85. The van der Waals surface area contributed by atoms with Gasteiger partial charge in [0.05, 0.1) is 0 Å². The van der Waals surface area contributed by atoms with Crippen molar-refractivity contribution in [2.75, 3.05) is 0 Å². The molecule has 0 aromatic heterocycles. The van der Waals surface area contributed by atoms with Gasteiger partial charge >= 0.3 is 7.48 Å². The number of rotatable bonds is 7. The lowest BCUT2D eigenvalue weighted by atomic mass is 9.83. The van der Waals surface area contributed by atoms with Gasteiger partial charge in [-0.2, -0.15) is 0 Å². The standard InChI is InChI=1S/C14H22BO.C8H13NO2.C4H8O.C2H6/c1-10(2)14(5,6)16-15-13-8-7-11(3)12(4)9-13;1-2-3-6-4-5-7(10)9-8(6)11;1-3-4(2)5;1-2/h7-10H,1-6H3;6H,2-5H2,1H3,(H,9,10,11);3H2,1-2H3;1-2H3. The number of Topliss-reactive ketones (excluding diaryl/α,β-unsaturated/α-hetero) is 1. The second kappa shape index (κ2) is 18.4. The van der Waals surface area contributed by atoms with Crippen LogP contribution in [0.5, 0.6) is 0 Å². The topological polar surface area (TPSA) is 72.5 Å². The lowest BCUT2D eigenvalue weighted by molar-refractivity contribution is -0.136. The van der Waals surface area contributed by atoms with E-state index in [0.29, 0.717) is 18.8 Å². The van der Waals surface area contributed by atoms with Gasteiger partial charge < -0.3 is 9.45 Å². The van der Waals surface area contributed by atoms with Crippen LogP contribution >= 0.6 is 0 Å². The van der Waals surface area contributed by atoms with Crippen molar-refractivity contribution in [2.45, 2.75) is 114 Å². The molecule has 1 unspecified atom stereocenters. The van der Waals surface area contributed by atoms with Crippen LogP contribution in [0.1, 0.15) is 106 Å². The lowest BCUT2D eigenvalue weighted by Crippen LogP contribution is -2.40. The van der Waals surface area contributed by atoms with E-state index < -0.39 is 0 Å². The van der Waals surface area contributed by atoms with E-state index in [4.69, 9.17) is 4.65 Å². The monoisotopic (exact) mass is 474 g/mol. The van der Waals surface area contributed by atoms with E-state index in [1.165, 1.54) is 11.1 Å². The smallest absolute Gasteiger partial charge is 0.330 e. The summed E-state index contributed by atoms with van der Waals surface area (Å²) in [5.41, 5.74) is 3.65. The van der Waals surface area contributed by atoms with E-state index in [-0.39, 0.29) is 29.1 Å². The van der Waals surface area contributed by atoms with Crippen LogP contribution in [0.25, 0.3) is 0 Å². The molecule has 1 aromatic carbocycles. The fourth-order valence-electron chi connectivity index (χ4n) is 2.56. The molecule has 0 saturated carbocycles. The fraction of sp³-hybridized carbons (Fsp3) is 0.679. The minimum atomic E-state index is -0.123. The maximum absolute atomic E-state index is 11.1. The molecule has 193 valence electrons. The molecule has 1 N–H and O–H groups in total. The Labute approximate surface area is 210 Å². The maximum Gasteiger partial charge on any atom is 0.330 e. The highest BCUT2D eigenvalue weighted by Gasteiger charge is 2.25. The number of hydrogen-bond donors (Lipinski definition) is 1. The van der Waals surface area contributed by atoms with Crippen LogP contribution in [-0.4, -0.2) is 30.7 Å². The molecule has 1 heterocycles. The molecule has 0 aliphatic carbocycles. The minimum Gasteiger partial charge on any atom is -0.429 e. The van der Waals surface area contributed by atoms with Crippen LogP contribution < -0.4 is 10.8 Å². The van der Waals surface area contributed by atoms with Gasteiger partial charge in [-0.1, -0.05) is 71.6 Å². The molecule has 1 aliphatic heterocycles. The zero-order chi connectivity index (χ0) is 26.9. The molecule has 0 spiro atoms. The average molecular weight is 475 g/mol. The summed E-state index contributed by atoms with van der Waals surface area (Å²) in [6.07, 6.45) is 3.82. The largest absolute Gasteiger partial charge is 0.429 e. The SMILES string of the molecule is CC.CCC(C)=O.CCCC1CCC(=O)NC1=O.Cc1ccc([B]OC(C)(C)C(C)C)cc1C. The van der Waals surface area contributed by atoms with Gasteiger partial charge in [-0.05, 0) is 64.5 Å². The number of imide groups is 1. The first-order valence-corrected chi connectivity index (χ1v) is 12.7. The molecule has 1 fully saturated rings. The van der Waals surface area contributed by atoms with Gasteiger partial charge in [0, 0.05) is 24.4 Å². The van der Waals surface area contributed by atoms with Crippen molar-refractivity contribution in [1.82, 2.24) is 5.32 Å². The highest BCUT2D eigenvalue weighted by molar-refractivity contribution is 6.47. The van der Waals surface area contributed by atoms with E-state index in [1.807, 2.05) is 35.2 Å². The first kappa shape index (κ1) is 34.2. The zero-order valence-corrected chi connectivity index (χ0v) is 23.6. The Morgan fingerprint density at radius 3 is 2.12 bits per heavy atom. The number of amides is 2. The Kier molecular flexibility index (Phi) is 18.5. The van der Waals surface area contributed by atoms with Crippen LogP contribution in [0.3, 0.4) is 0 Å². The number of ketones is 1. The summed E-state index contributed by atoms with van der Waals surface area (Å²) in [6.45, 7) is 22.3. The molecule has 1 aromatic rings. The van der Waals surface area contributed by atoms with Crippen LogP contribution in [0.2, 0.25) is 0 Å². The molecule has 1 saturated heterocycles. The summed E-state index contributed by atoms with van der Waals surface area (Å²) in [5.74, 6) is 0.628. The highest BCUT2D eigenvalue weighted by atomic mass is 16.5. The second-order valence-electron chi connectivity index (χ2n) is 9.33. The number of benzene rings is 1. The van der Waals surface area contributed by atoms with Gasteiger partial charge in [-0.3, -0.25) is 14.9 Å². The van der Waals surface area contributed by atoms with Crippen LogP contribution in [0.15, 0.2) is 18.2 Å². The predicted octanol–water partition coefficient (Wildman–Crippen LogP) is 5.85. The Morgan fingerprint density at radius 1 is 1.15 bits per heavy atom. The van der Waals surface area contributed by atoms with Gasteiger partial charge in [0.25, 0.3) is 0 Å². The summed E-state index contributed by atoms with van der Waals surface area (Å²) in [6, 6.07) is 6.39. The van der Waals surface area contributed by atoms with E-state index >= 15 is 0 Å². The molecular formula is C28H49BNO4. The van der Waals surface area contributed by atoms with Crippen molar-refractivity contribution in [3.05, 3.63) is 29.3 Å². The summed E-state index contributed by atoms with van der Waals surface area (Å²) in [7, 11) is 1.87. The summed E-state index contributed by atoms with van der Waals surface area (Å²) in [4.78, 5) is 31.6. The number of piperidine rings is 1. The second-order valence-corrected chi connectivity index (χ2v) is 9.33. The van der Waals surface area contributed by atoms with Crippen LogP contribution in [0, 0.1) is 25.7 Å². The fourth-order valence-corrected chi connectivity index (χ4v) is 2.56. The zero-order valence-electron chi connectivity index (χ0n) is 23.6. The molecule has 5 nitrogen and oxygen atoms in total. The number of nitrogens with one attached hydrogen (secondary N) is 1.